The molecule has 0 fully saturated rings. The van der Waals surface area contributed by atoms with Crippen molar-refractivity contribution in [3.8, 4) is 0 Å². The van der Waals surface area contributed by atoms with Crippen LogP contribution in [0.4, 0.5) is 0 Å². The number of hydrogen-bond donors (Lipinski definition) is 0. The Kier molecular flexibility index (Phi) is 4.68. The summed E-state index contributed by atoms with van der Waals surface area (Å²) in [6.45, 7) is 13.9. The minimum atomic E-state index is 0.256. The van der Waals surface area contributed by atoms with Crippen molar-refractivity contribution in [3.05, 3.63) is 83.6 Å². The van der Waals surface area contributed by atoms with Gasteiger partial charge in [0.05, 0.1) is 22.1 Å². The number of pyridine rings is 2. The van der Waals surface area contributed by atoms with Gasteiger partial charge in [-0.3, -0.25) is 4.98 Å². The van der Waals surface area contributed by atoms with Crippen molar-refractivity contribution in [1.29, 1.82) is 0 Å². The molecular weight excluding hydrogens is 448 g/mol. The van der Waals surface area contributed by atoms with Gasteiger partial charge < -0.3 is 4.40 Å². The van der Waals surface area contributed by atoms with E-state index >= 15 is 0 Å². The molecule has 4 aromatic carbocycles. The van der Waals surface area contributed by atoms with E-state index in [1.54, 1.807) is 0 Å². The fourth-order valence-corrected chi connectivity index (χ4v) is 6.76. The minimum absolute atomic E-state index is 0.256. The van der Waals surface area contributed by atoms with E-state index in [4.69, 9.17) is 4.98 Å². The van der Waals surface area contributed by atoms with Crippen LogP contribution in [0.25, 0.3) is 59.8 Å². The second-order valence-corrected chi connectivity index (χ2v) is 12.7. The molecule has 7 aromatic rings. The van der Waals surface area contributed by atoms with Gasteiger partial charge in [0.2, 0.25) is 0 Å². The molecule has 0 aliphatic rings. The standard InChI is InChI=1S/C35H34N2/c1-20(2)15-25-17-23-13-14-36-32-28-18-24-16-22(19-35(4,5)6)11-12-26(24)21(3)33(28)37-29-10-8-7-9-27(29)30(25)34(37)31(23)32/h7-14,16-18,20H,15,19H2,1-6H3. The van der Waals surface area contributed by atoms with E-state index in [1.165, 1.54) is 70.9 Å². The zero-order chi connectivity index (χ0) is 25.6. The first-order chi connectivity index (χ1) is 17.7. The van der Waals surface area contributed by atoms with Crippen LogP contribution in [0.15, 0.2) is 66.9 Å². The normalized spacial score (nSPS) is 13.1. The van der Waals surface area contributed by atoms with Crippen LogP contribution in [0.1, 0.15) is 51.3 Å². The van der Waals surface area contributed by atoms with Gasteiger partial charge in [0.25, 0.3) is 0 Å². The van der Waals surface area contributed by atoms with E-state index in [0.29, 0.717) is 5.92 Å². The molecule has 0 aliphatic carbocycles. The van der Waals surface area contributed by atoms with Crippen LogP contribution < -0.4 is 0 Å². The Labute approximate surface area is 218 Å². The third kappa shape index (κ3) is 3.28. The SMILES string of the molecule is Cc1c2ccc(CC(C)(C)C)cc2cc2c3nccc4cc(CC(C)C)c5c6ccccc6n(c12)c5c43. The largest absolute Gasteiger partial charge is 0.308 e. The van der Waals surface area contributed by atoms with E-state index in [-0.39, 0.29) is 5.41 Å². The van der Waals surface area contributed by atoms with Crippen molar-refractivity contribution in [2.45, 2.75) is 54.4 Å². The minimum Gasteiger partial charge on any atom is -0.308 e. The highest BCUT2D eigenvalue weighted by Crippen LogP contribution is 2.44. The summed E-state index contributed by atoms with van der Waals surface area (Å²) in [7, 11) is 0. The Bertz CT molecular complexity index is 2000. The van der Waals surface area contributed by atoms with E-state index in [2.05, 4.69) is 107 Å². The van der Waals surface area contributed by atoms with E-state index in [9.17, 15) is 0 Å². The zero-order valence-corrected chi connectivity index (χ0v) is 22.7. The molecule has 3 heterocycles. The van der Waals surface area contributed by atoms with Gasteiger partial charge in [0.1, 0.15) is 0 Å². The Hall–Kier alpha value is -3.65. The second-order valence-electron chi connectivity index (χ2n) is 12.7. The van der Waals surface area contributed by atoms with Crippen LogP contribution >= 0.6 is 0 Å². The Morgan fingerprint density at radius 3 is 2.41 bits per heavy atom. The number of nitrogens with zero attached hydrogens (tertiary/aromatic N) is 2. The maximum Gasteiger partial charge on any atom is 0.0823 e. The molecule has 0 N–H and O–H groups in total. The summed E-state index contributed by atoms with van der Waals surface area (Å²) >= 11 is 0. The van der Waals surface area contributed by atoms with Crippen LogP contribution in [0.3, 0.4) is 0 Å². The van der Waals surface area contributed by atoms with E-state index in [0.717, 1.165) is 18.4 Å². The van der Waals surface area contributed by atoms with Crippen LogP contribution in [-0.4, -0.2) is 9.38 Å². The molecule has 2 nitrogen and oxygen atoms in total. The van der Waals surface area contributed by atoms with Crippen LogP contribution in [-0.2, 0) is 12.8 Å². The fourth-order valence-electron chi connectivity index (χ4n) is 6.76. The molecule has 184 valence electrons. The average molecular weight is 483 g/mol. The first-order valence-corrected chi connectivity index (χ1v) is 13.6. The number of para-hydroxylation sites is 1. The number of aryl methyl sites for hydroxylation is 1. The second kappa shape index (κ2) is 7.68. The molecule has 3 aromatic heterocycles. The number of hydrogen-bond acceptors (Lipinski definition) is 1. The number of benzene rings is 4. The van der Waals surface area contributed by atoms with Gasteiger partial charge in [0.15, 0.2) is 0 Å². The zero-order valence-electron chi connectivity index (χ0n) is 22.7. The highest BCUT2D eigenvalue weighted by Gasteiger charge is 2.23. The van der Waals surface area contributed by atoms with Gasteiger partial charge in [-0.05, 0) is 82.1 Å². The summed E-state index contributed by atoms with van der Waals surface area (Å²) in [4.78, 5) is 5.04. The highest BCUT2D eigenvalue weighted by atomic mass is 14.9. The van der Waals surface area contributed by atoms with Crippen LogP contribution in [0, 0.1) is 18.3 Å². The molecule has 0 unspecified atom stereocenters. The molecule has 2 heteroatoms. The first kappa shape index (κ1) is 22.5. The van der Waals surface area contributed by atoms with Crippen molar-refractivity contribution >= 4 is 59.8 Å². The molecular formula is C35H34N2. The quantitative estimate of drug-likeness (QED) is 0.181. The Morgan fingerprint density at radius 2 is 1.62 bits per heavy atom. The predicted octanol–water partition coefficient (Wildman–Crippen LogP) is 9.63. The molecule has 0 aliphatic heterocycles. The average Bonchev–Trinajstić information content (AvgIpc) is 3.18. The lowest BCUT2D eigenvalue weighted by Gasteiger charge is -2.20. The van der Waals surface area contributed by atoms with Gasteiger partial charge in [-0.1, -0.05) is 77.1 Å². The van der Waals surface area contributed by atoms with Crippen molar-refractivity contribution in [1.82, 2.24) is 9.38 Å². The number of aromatic nitrogens is 2. The van der Waals surface area contributed by atoms with Gasteiger partial charge in [-0.15, -0.1) is 0 Å². The summed E-state index contributed by atoms with van der Waals surface area (Å²) < 4.78 is 2.55. The molecule has 7 rings (SSSR count). The maximum absolute atomic E-state index is 5.04. The molecule has 0 amide bonds. The molecule has 0 spiro atoms. The van der Waals surface area contributed by atoms with Crippen molar-refractivity contribution < 1.29 is 0 Å². The number of fused-ring (bicyclic) bond motifs is 7. The summed E-state index contributed by atoms with van der Waals surface area (Å²) in [5.74, 6) is 0.590. The number of rotatable bonds is 3. The summed E-state index contributed by atoms with van der Waals surface area (Å²) in [5, 5.41) is 9.21. The fraction of sp³-hybridized carbons (Fsp3) is 0.286. The van der Waals surface area contributed by atoms with Crippen molar-refractivity contribution in [3.63, 3.8) is 0 Å². The summed E-state index contributed by atoms with van der Waals surface area (Å²) in [6.07, 6.45) is 4.13. The molecule has 37 heavy (non-hydrogen) atoms. The first-order valence-electron chi connectivity index (χ1n) is 13.6. The molecule has 0 saturated heterocycles. The molecule has 0 atom stereocenters. The monoisotopic (exact) mass is 482 g/mol. The van der Waals surface area contributed by atoms with E-state index in [1.807, 2.05) is 6.20 Å². The Morgan fingerprint density at radius 1 is 0.811 bits per heavy atom. The molecule has 0 bridgehead atoms. The Balaban J connectivity index is 1.73. The lowest BCUT2D eigenvalue weighted by atomic mass is 9.87. The van der Waals surface area contributed by atoms with E-state index < -0.39 is 0 Å². The highest BCUT2D eigenvalue weighted by molar-refractivity contribution is 6.29. The van der Waals surface area contributed by atoms with Crippen LogP contribution in [0.2, 0.25) is 0 Å². The lowest BCUT2D eigenvalue weighted by molar-refractivity contribution is 0.411. The topological polar surface area (TPSA) is 17.3 Å². The van der Waals surface area contributed by atoms with Gasteiger partial charge in [-0.25, -0.2) is 0 Å². The van der Waals surface area contributed by atoms with Crippen molar-refractivity contribution in [2.75, 3.05) is 0 Å². The van der Waals surface area contributed by atoms with Crippen LogP contribution in [0.5, 0.6) is 0 Å². The molecule has 0 radical (unpaired) electrons. The van der Waals surface area contributed by atoms with Gasteiger partial charge >= 0.3 is 0 Å². The van der Waals surface area contributed by atoms with Gasteiger partial charge in [0, 0.05) is 27.7 Å². The van der Waals surface area contributed by atoms with Crippen molar-refractivity contribution in [2.24, 2.45) is 11.3 Å². The van der Waals surface area contributed by atoms with Gasteiger partial charge in [-0.2, -0.15) is 0 Å². The maximum atomic E-state index is 5.04. The lowest BCUT2D eigenvalue weighted by Crippen LogP contribution is -2.09. The third-order valence-corrected chi connectivity index (χ3v) is 8.02. The summed E-state index contributed by atoms with van der Waals surface area (Å²) in [5.41, 5.74) is 9.45. The third-order valence-electron chi connectivity index (χ3n) is 8.02. The molecule has 0 saturated carbocycles. The smallest absolute Gasteiger partial charge is 0.0823 e. The summed E-state index contributed by atoms with van der Waals surface area (Å²) in [6, 6.07) is 23.1. The predicted molar refractivity (Wildman–Crippen MR) is 160 cm³/mol.